The van der Waals surface area contributed by atoms with Gasteiger partial charge in [0.2, 0.25) is 0 Å². The van der Waals surface area contributed by atoms with Gasteiger partial charge >= 0.3 is 17.9 Å². The van der Waals surface area contributed by atoms with E-state index >= 15 is 0 Å². The lowest BCUT2D eigenvalue weighted by Gasteiger charge is -2.09. The highest BCUT2D eigenvalue weighted by Crippen LogP contribution is 2.26. The first-order valence-electron chi connectivity index (χ1n) is 11.9. The van der Waals surface area contributed by atoms with E-state index in [0.717, 1.165) is 12.1 Å². The minimum atomic E-state index is -1.41. The summed E-state index contributed by atoms with van der Waals surface area (Å²) in [6.45, 7) is 0. The number of hydrogen-bond donors (Lipinski definition) is 3. The molecule has 0 atom stereocenters. The van der Waals surface area contributed by atoms with Gasteiger partial charge in [-0.1, -0.05) is 46.4 Å². The van der Waals surface area contributed by atoms with Crippen LogP contribution in [0.25, 0.3) is 0 Å². The van der Waals surface area contributed by atoms with Crippen molar-refractivity contribution >= 4 is 81.6 Å². The molecule has 45 heavy (non-hydrogen) atoms. The van der Waals surface area contributed by atoms with Gasteiger partial charge in [-0.15, -0.1) is 0 Å². The highest BCUT2D eigenvalue weighted by Gasteiger charge is 2.18. The quantitative estimate of drug-likeness (QED) is 0.187. The van der Waals surface area contributed by atoms with Crippen LogP contribution in [0.15, 0.2) is 60.9 Å². The third kappa shape index (κ3) is 10.8. The lowest BCUT2D eigenvalue weighted by Crippen LogP contribution is -2.15. The zero-order chi connectivity index (χ0) is 33.8. The van der Waals surface area contributed by atoms with Crippen molar-refractivity contribution in [3.05, 3.63) is 115 Å². The van der Waals surface area contributed by atoms with E-state index in [1.54, 1.807) is 6.07 Å². The smallest absolute Gasteiger partial charge is 0.356 e. The minimum Gasteiger partial charge on any atom is -0.478 e. The van der Waals surface area contributed by atoms with Crippen LogP contribution < -0.4 is 11.1 Å². The number of esters is 2. The van der Waals surface area contributed by atoms with Crippen molar-refractivity contribution in [1.82, 2.24) is 9.97 Å². The Bertz CT molecular complexity index is 1700. The zero-order valence-corrected chi connectivity index (χ0v) is 25.9. The first-order valence-corrected chi connectivity index (χ1v) is 13.4. The molecule has 1 amide bonds. The standard InChI is InChI=1S/C14H9Cl2FN2O3.C7H3Cl2FO2.C7H8N2O2/c1-22-14(21)11-6-8(2-3-18-11)19-13(20)12-9(16)4-7(15)5-10(12)17;8-3-1-4(9)6(7(11)12)5(10)2-3;1-11-7(10)6-4-5(8)2-3-9-6/h2-6H,1H3,(H,18,19,20);1-2H,(H,11,12);2-4H,1H3,(H2,8,9). The molecule has 2 heterocycles. The molecule has 0 radical (unpaired) electrons. The van der Waals surface area contributed by atoms with E-state index in [4.69, 9.17) is 57.2 Å². The van der Waals surface area contributed by atoms with Gasteiger partial charge in [-0.05, 0) is 48.5 Å². The third-order valence-corrected chi connectivity index (χ3v) is 6.08. The molecule has 2 aromatic carbocycles. The Morgan fingerprint density at radius 2 is 1.22 bits per heavy atom. The van der Waals surface area contributed by atoms with Crippen LogP contribution >= 0.6 is 46.4 Å². The number of benzene rings is 2. The number of amides is 1. The van der Waals surface area contributed by atoms with Crippen molar-refractivity contribution in [1.29, 1.82) is 0 Å². The van der Waals surface area contributed by atoms with Gasteiger partial charge in [-0.3, -0.25) is 4.79 Å². The van der Waals surface area contributed by atoms with Crippen LogP contribution in [0.1, 0.15) is 41.7 Å². The van der Waals surface area contributed by atoms with Crippen molar-refractivity contribution in [2.45, 2.75) is 0 Å². The molecule has 0 fully saturated rings. The minimum absolute atomic E-state index is 0.00275. The fraction of sp³-hybridized carbons (Fsp3) is 0.0714. The fourth-order valence-electron chi connectivity index (χ4n) is 3.09. The van der Waals surface area contributed by atoms with Gasteiger partial charge in [0, 0.05) is 33.8 Å². The van der Waals surface area contributed by atoms with Crippen LogP contribution in [0.4, 0.5) is 20.2 Å². The number of carboxylic acid groups (broad SMARTS) is 1. The number of carbonyl (C=O) groups is 4. The molecule has 0 saturated carbocycles. The average molecular weight is 704 g/mol. The van der Waals surface area contributed by atoms with Gasteiger partial charge in [-0.2, -0.15) is 0 Å². The maximum Gasteiger partial charge on any atom is 0.356 e. The van der Waals surface area contributed by atoms with Crippen LogP contribution in [0.3, 0.4) is 0 Å². The Hall–Kier alpha value is -4.56. The van der Waals surface area contributed by atoms with Gasteiger partial charge in [0.25, 0.3) is 5.91 Å². The highest BCUT2D eigenvalue weighted by atomic mass is 35.5. The van der Waals surface area contributed by atoms with E-state index in [1.165, 1.54) is 56.9 Å². The summed E-state index contributed by atoms with van der Waals surface area (Å²) in [6, 6.07) is 10.1. The summed E-state index contributed by atoms with van der Waals surface area (Å²) in [7, 11) is 2.51. The van der Waals surface area contributed by atoms with Crippen molar-refractivity contribution in [3.63, 3.8) is 0 Å². The Morgan fingerprint density at radius 3 is 1.67 bits per heavy atom. The van der Waals surface area contributed by atoms with E-state index in [2.05, 4.69) is 24.8 Å². The molecular formula is C28H20Cl4F2N4O7. The molecule has 0 spiro atoms. The molecule has 0 aliphatic rings. The van der Waals surface area contributed by atoms with E-state index in [1.807, 2.05) is 0 Å². The maximum atomic E-state index is 13.8. The number of nitrogens with one attached hydrogen (secondary N) is 1. The first kappa shape index (κ1) is 36.6. The van der Waals surface area contributed by atoms with Crippen molar-refractivity contribution in [3.8, 4) is 0 Å². The molecule has 0 saturated heterocycles. The fourth-order valence-corrected chi connectivity index (χ4v) is 4.19. The second-order valence-electron chi connectivity index (χ2n) is 8.14. The van der Waals surface area contributed by atoms with Crippen LogP contribution in [0.2, 0.25) is 20.1 Å². The predicted octanol–water partition coefficient (Wildman–Crippen LogP) is 6.85. The number of nitrogen functional groups attached to an aromatic ring is 1. The summed E-state index contributed by atoms with van der Waals surface area (Å²) < 4.78 is 35.6. The maximum absolute atomic E-state index is 13.8. The Labute approximate surface area is 273 Å². The summed E-state index contributed by atoms with van der Waals surface area (Å²) in [5, 5.41) is 10.7. The molecule has 0 bridgehead atoms. The summed E-state index contributed by atoms with van der Waals surface area (Å²) in [4.78, 5) is 52.2. The number of rotatable bonds is 5. The van der Waals surface area contributed by atoms with Crippen molar-refractivity contribution < 1.29 is 42.5 Å². The SMILES string of the molecule is COC(=O)c1cc(N)ccn1.COC(=O)c1cc(NC(=O)c2c(F)cc(Cl)cc2Cl)ccn1.O=C(O)c1c(F)cc(Cl)cc1Cl. The van der Waals surface area contributed by atoms with E-state index in [9.17, 15) is 28.0 Å². The van der Waals surface area contributed by atoms with Crippen molar-refractivity contribution in [2.75, 3.05) is 25.3 Å². The highest BCUT2D eigenvalue weighted by molar-refractivity contribution is 6.37. The number of nitrogens with two attached hydrogens (primary N) is 1. The molecule has 4 N–H and O–H groups in total. The lowest BCUT2D eigenvalue weighted by molar-refractivity contribution is 0.0585. The average Bonchev–Trinajstić information content (AvgIpc) is 2.96. The Balaban J connectivity index is 0.000000259. The number of aromatic nitrogens is 2. The number of carbonyl (C=O) groups excluding carboxylic acids is 3. The van der Waals surface area contributed by atoms with Crippen molar-refractivity contribution in [2.24, 2.45) is 0 Å². The van der Waals surface area contributed by atoms with E-state index in [-0.39, 0.29) is 42.7 Å². The largest absolute Gasteiger partial charge is 0.478 e. The molecular weight excluding hydrogens is 684 g/mol. The molecule has 0 aliphatic heterocycles. The lowest BCUT2D eigenvalue weighted by atomic mass is 10.2. The molecule has 11 nitrogen and oxygen atoms in total. The number of nitrogens with zero attached hydrogens (tertiary/aromatic N) is 2. The third-order valence-electron chi connectivity index (χ3n) is 5.05. The molecule has 4 aromatic rings. The summed E-state index contributed by atoms with van der Waals surface area (Å²) in [6.07, 6.45) is 2.77. The number of methoxy groups -OCH3 is 2. The molecule has 4 rings (SSSR count). The summed E-state index contributed by atoms with van der Waals surface area (Å²) >= 11 is 22.3. The topological polar surface area (TPSA) is 171 Å². The predicted molar refractivity (Wildman–Crippen MR) is 163 cm³/mol. The van der Waals surface area contributed by atoms with Gasteiger partial charge < -0.3 is 25.6 Å². The van der Waals surface area contributed by atoms with Crippen LogP contribution in [0, 0.1) is 11.6 Å². The van der Waals surface area contributed by atoms with Crippen LogP contribution in [0.5, 0.6) is 0 Å². The number of halogens is 6. The number of aromatic carboxylic acids is 1. The van der Waals surface area contributed by atoms with Crippen LogP contribution in [-0.4, -0.2) is 53.1 Å². The van der Waals surface area contributed by atoms with Gasteiger partial charge in [0.05, 0.1) is 29.8 Å². The molecule has 236 valence electrons. The zero-order valence-electron chi connectivity index (χ0n) is 22.9. The Morgan fingerprint density at radius 1 is 0.756 bits per heavy atom. The number of ether oxygens (including phenoxy) is 2. The molecule has 0 aliphatic carbocycles. The molecule has 17 heteroatoms. The normalized spacial score (nSPS) is 9.87. The number of pyridine rings is 2. The van der Waals surface area contributed by atoms with Gasteiger partial charge in [0.1, 0.15) is 28.6 Å². The van der Waals surface area contributed by atoms with E-state index in [0.29, 0.717) is 5.69 Å². The number of hydrogen-bond acceptors (Lipinski definition) is 9. The van der Waals surface area contributed by atoms with E-state index < -0.39 is 41.0 Å². The summed E-state index contributed by atoms with van der Waals surface area (Å²) in [5.41, 5.74) is 5.48. The molecule has 2 aromatic heterocycles. The second kappa shape index (κ2) is 17.1. The molecule has 0 unspecified atom stereocenters. The van der Waals surface area contributed by atoms with Gasteiger partial charge in [-0.25, -0.2) is 33.1 Å². The monoisotopic (exact) mass is 702 g/mol. The van der Waals surface area contributed by atoms with Gasteiger partial charge in [0.15, 0.2) is 0 Å². The van der Waals surface area contributed by atoms with Crippen LogP contribution in [-0.2, 0) is 9.47 Å². The Kier molecular flexibility index (Phi) is 13.9. The number of carboxylic acids is 1. The number of anilines is 2. The first-order chi connectivity index (χ1) is 21.2. The summed E-state index contributed by atoms with van der Waals surface area (Å²) in [5.74, 6) is -5.10. The second-order valence-corrected chi connectivity index (χ2v) is 9.82.